The molecule has 20 heavy (non-hydrogen) atoms. The van der Waals surface area contributed by atoms with Crippen molar-refractivity contribution in [3.05, 3.63) is 33.9 Å². The van der Waals surface area contributed by atoms with Gasteiger partial charge in [0, 0.05) is 30.9 Å². The Labute approximate surface area is 119 Å². The van der Waals surface area contributed by atoms with E-state index in [0.717, 1.165) is 18.7 Å². The molecule has 0 aromatic heterocycles. The lowest BCUT2D eigenvalue weighted by Crippen LogP contribution is -2.26. The molecular weight excluding hydrogens is 254 g/mol. The Kier molecular flexibility index (Phi) is 3.99. The fourth-order valence-corrected chi connectivity index (χ4v) is 2.77. The highest BCUT2D eigenvalue weighted by molar-refractivity contribution is 5.52. The number of non-ortho nitro benzene ring substituents is 1. The van der Waals surface area contributed by atoms with Gasteiger partial charge in [0.1, 0.15) is 0 Å². The molecule has 2 N–H and O–H groups in total. The van der Waals surface area contributed by atoms with Gasteiger partial charge in [-0.25, -0.2) is 0 Å². The van der Waals surface area contributed by atoms with Crippen LogP contribution in [0.5, 0.6) is 0 Å². The van der Waals surface area contributed by atoms with Crippen LogP contribution >= 0.6 is 0 Å². The van der Waals surface area contributed by atoms with Crippen molar-refractivity contribution in [2.24, 2.45) is 11.3 Å². The van der Waals surface area contributed by atoms with Gasteiger partial charge in [-0.05, 0) is 35.9 Å². The molecule has 1 aliphatic heterocycles. The summed E-state index contributed by atoms with van der Waals surface area (Å²) in [5, 5.41) is 10.8. The number of nitro benzene ring substituents is 1. The van der Waals surface area contributed by atoms with Crippen LogP contribution in [0.4, 0.5) is 11.4 Å². The van der Waals surface area contributed by atoms with Crippen molar-refractivity contribution in [2.75, 3.05) is 18.8 Å². The second-order valence-corrected chi connectivity index (χ2v) is 6.73. The predicted octanol–water partition coefficient (Wildman–Crippen LogP) is 3.05. The highest BCUT2D eigenvalue weighted by Crippen LogP contribution is 2.34. The minimum Gasteiger partial charge on any atom is -0.398 e. The molecular formula is C15H23N3O2. The van der Waals surface area contributed by atoms with Gasteiger partial charge >= 0.3 is 0 Å². The van der Waals surface area contributed by atoms with Gasteiger partial charge in [-0.3, -0.25) is 15.0 Å². The zero-order valence-corrected chi connectivity index (χ0v) is 12.4. The van der Waals surface area contributed by atoms with Gasteiger partial charge in [0.2, 0.25) is 0 Å². The molecule has 0 saturated carbocycles. The number of hydrogen-bond acceptors (Lipinski definition) is 4. The Bertz CT molecular complexity index is 508. The molecule has 0 aliphatic carbocycles. The van der Waals surface area contributed by atoms with Crippen LogP contribution in [-0.2, 0) is 6.54 Å². The van der Waals surface area contributed by atoms with E-state index < -0.39 is 0 Å². The molecule has 1 atom stereocenters. The number of nitrogens with zero attached hydrogens (tertiary/aromatic N) is 2. The van der Waals surface area contributed by atoms with E-state index in [1.165, 1.54) is 12.5 Å². The number of nitro groups is 1. The third-order valence-corrected chi connectivity index (χ3v) is 4.23. The van der Waals surface area contributed by atoms with Gasteiger partial charge in [-0.15, -0.1) is 0 Å². The Morgan fingerprint density at radius 3 is 2.70 bits per heavy atom. The van der Waals surface area contributed by atoms with Crippen LogP contribution < -0.4 is 5.73 Å². The molecule has 1 aromatic carbocycles. The number of nitrogens with two attached hydrogens (primary N) is 1. The van der Waals surface area contributed by atoms with E-state index in [0.29, 0.717) is 23.6 Å². The van der Waals surface area contributed by atoms with Crippen molar-refractivity contribution in [3.8, 4) is 0 Å². The molecule has 0 radical (unpaired) electrons. The standard InChI is InChI=1S/C15H23N3O2/c1-15(2,3)12-6-7-17(10-12)9-11-8-13(18(19)20)4-5-14(11)16/h4-5,8,12H,6-7,9-10,16H2,1-3H3. The third kappa shape index (κ3) is 3.28. The summed E-state index contributed by atoms with van der Waals surface area (Å²) in [4.78, 5) is 12.8. The van der Waals surface area contributed by atoms with Crippen molar-refractivity contribution < 1.29 is 4.92 Å². The minimum atomic E-state index is -0.370. The first-order valence-electron chi connectivity index (χ1n) is 7.02. The van der Waals surface area contributed by atoms with Gasteiger partial charge in [0.05, 0.1) is 4.92 Å². The van der Waals surface area contributed by atoms with Gasteiger partial charge < -0.3 is 5.73 Å². The lowest BCUT2D eigenvalue weighted by Gasteiger charge is -2.27. The first-order chi connectivity index (χ1) is 9.27. The SMILES string of the molecule is CC(C)(C)C1CCN(Cc2cc([N+](=O)[O-])ccc2N)C1. The largest absolute Gasteiger partial charge is 0.398 e. The topological polar surface area (TPSA) is 72.4 Å². The van der Waals surface area contributed by atoms with E-state index in [4.69, 9.17) is 5.73 Å². The first-order valence-corrected chi connectivity index (χ1v) is 7.02. The number of nitrogen functional groups attached to an aromatic ring is 1. The van der Waals surface area contributed by atoms with Crippen LogP contribution in [0.2, 0.25) is 0 Å². The number of benzene rings is 1. The number of rotatable bonds is 3. The van der Waals surface area contributed by atoms with Crippen LogP contribution in [-0.4, -0.2) is 22.9 Å². The maximum Gasteiger partial charge on any atom is 0.269 e. The lowest BCUT2D eigenvalue weighted by molar-refractivity contribution is -0.384. The molecule has 0 amide bonds. The molecule has 1 heterocycles. The van der Waals surface area contributed by atoms with Crippen molar-refractivity contribution in [1.82, 2.24) is 4.90 Å². The maximum absolute atomic E-state index is 10.8. The lowest BCUT2D eigenvalue weighted by atomic mass is 9.80. The summed E-state index contributed by atoms with van der Waals surface area (Å²) in [7, 11) is 0. The van der Waals surface area contributed by atoms with Crippen LogP contribution in [0.25, 0.3) is 0 Å². The highest BCUT2D eigenvalue weighted by Gasteiger charge is 2.31. The average Bonchev–Trinajstić information content (AvgIpc) is 2.80. The zero-order valence-electron chi connectivity index (χ0n) is 12.4. The molecule has 1 fully saturated rings. The van der Waals surface area contributed by atoms with Crippen molar-refractivity contribution >= 4 is 11.4 Å². The van der Waals surface area contributed by atoms with Crippen LogP contribution in [0.15, 0.2) is 18.2 Å². The second kappa shape index (κ2) is 5.40. The minimum absolute atomic E-state index is 0.112. The first kappa shape index (κ1) is 14.8. The van der Waals surface area contributed by atoms with Gasteiger partial charge in [-0.2, -0.15) is 0 Å². The fraction of sp³-hybridized carbons (Fsp3) is 0.600. The molecule has 110 valence electrons. The van der Waals surface area contributed by atoms with E-state index in [1.807, 2.05) is 0 Å². The van der Waals surface area contributed by atoms with E-state index in [2.05, 4.69) is 25.7 Å². The summed E-state index contributed by atoms with van der Waals surface area (Å²) in [6.45, 7) is 9.56. The third-order valence-electron chi connectivity index (χ3n) is 4.23. The summed E-state index contributed by atoms with van der Waals surface area (Å²) < 4.78 is 0. The summed E-state index contributed by atoms with van der Waals surface area (Å²) >= 11 is 0. The monoisotopic (exact) mass is 277 g/mol. The normalized spacial score (nSPS) is 20.2. The van der Waals surface area contributed by atoms with Crippen LogP contribution in [0.1, 0.15) is 32.8 Å². The highest BCUT2D eigenvalue weighted by atomic mass is 16.6. The fourth-order valence-electron chi connectivity index (χ4n) is 2.77. The van der Waals surface area contributed by atoms with E-state index in [9.17, 15) is 10.1 Å². The molecule has 5 nitrogen and oxygen atoms in total. The Morgan fingerprint density at radius 1 is 1.45 bits per heavy atom. The van der Waals surface area contributed by atoms with Gasteiger partial charge in [-0.1, -0.05) is 20.8 Å². The van der Waals surface area contributed by atoms with Crippen molar-refractivity contribution in [2.45, 2.75) is 33.7 Å². The molecule has 1 aliphatic rings. The van der Waals surface area contributed by atoms with E-state index in [1.54, 1.807) is 12.1 Å². The van der Waals surface area contributed by atoms with Gasteiger partial charge in [0.15, 0.2) is 0 Å². The Balaban J connectivity index is 2.08. The van der Waals surface area contributed by atoms with E-state index in [-0.39, 0.29) is 10.6 Å². The zero-order chi connectivity index (χ0) is 14.9. The van der Waals surface area contributed by atoms with Crippen molar-refractivity contribution in [3.63, 3.8) is 0 Å². The molecule has 1 saturated heterocycles. The second-order valence-electron chi connectivity index (χ2n) is 6.73. The number of anilines is 1. The predicted molar refractivity (Wildman–Crippen MR) is 80.3 cm³/mol. The molecule has 2 rings (SSSR count). The summed E-state index contributed by atoms with van der Waals surface area (Å²) in [6.07, 6.45) is 1.18. The average molecular weight is 277 g/mol. The van der Waals surface area contributed by atoms with Crippen LogP contribution in [0.3, 0.4) is 0 Å². The summed E-state index contributed by atoms with van der Waals surface area (Å²) in [5.74, 6) is 0.669. The van der Waals surface area contributed by atoms with Gasteiger partial charge in [0.25, 0.3) is 5.69 Å². The quantitative estimate of drug-likeness (QED) is 0.523. The number of likely N-dealkylation sites (tertiary alicyclic amines) is 1. The molecule has 1 unspecified atom stereocenters. The smallest absolute Gasteiger partial charge is 0.269 e. The van der Waals surface area contributed by atoms with Crippen molar-refractivity contribution in [1.29, 1.82) is 0 Å². The molecule has 0 spiro atoms. The Morgan fingerprint density at radius 2 is 2.15 bits per heavy atom. The maximum atomic E-state index is 10.8. The molecule has 0 bridgehead atoms. The molecule has 1 aromatic rings. The summed E-state index contributed by atoms with van der Waals surface area (Å²) in [6, 6.07) is 4.69. The Hall–Kier alpha value is -1.62. The summed E-state index contributed by atoms with van der Waals surface area (Å²) in [5.41, 5.74) is 7.85. The number of hydrogen-bond donors (Lipinski definition) is 1. The van der Waals surface area contributed by atoms with Crippen LogP contribution in [0, 0.1) is 21.4 Å². The van der Waals surface area contributed by atoms with E-state index >= 15 is 0 Å². The molecule has 5 heteroatoms.